The maximum Gasteiger partial charge on any atom is 0.238 e. The molecule has 0 amide bonds. The zero-order valence-electron chi connectivity index (χ0n) is 40.8. The molecule has 0 aliphatic carbocycles. The first kappa shape index (κ1) is 28.4. The molecule has 6 nitrogen and oxygen atoms in total. The van der Waals surface area contributed by atoms with Gasteiger partial charge in [0.05, 0.1) is 33.4 Å². The van der Waals surface area contributed by atoms with E-state index in [9.17, 15) is 2.74 Å². The number of para-hydroxylation sites is 2. The van der Waals surface area contributed by atoms with E-state index in [0.29, 0.717) is 11.1 Å². The lowest BCUT2D eigenvalue weighted by atomic mass is 10.0. The summed E-state index contributed by atoms with van der Waals surface area (Å²) < 4.78 is 72.6. The van der Waals surface area contributed by atoms with Crippen molar-refractivity contribution in [2.24, 2.45) is 0 Å². The summed E-state index contributed by atoms with van der Waals surface area (Å²) in [6.07, 6.45) is 3.76. The molecule has 7 aromatic carbocycles. The molecular formula is C55H36N6Si. The van der Waals surface area contributed by atoms with Gasteiger partial charge in [-0.2, -0.15) is 9.97 Å². The minimum absolute atomic E-state index is 0.0711. The van der Waals surface area contributed by atoms with Gasteiger partial charge in [-0.25, -0.2) is 4.98 Å². The van der Waals surface area contributed by atoms with Crippen LogP contribution in [0.2, 0.25) is 0 Å². The van der Waals surface area contributed by atoms with Crippen LogP contribution in [0.3, 0.4) is 0 Å². The van der Waals surface area contributed by atoms with E-state index in [0.717, 1.165) is 54.4 Å². The molecule has 62 heavy (non-hydrogen) atoms. The quantitative estimate of drug-likeness (QED) is 0.150. The Morgan fingerprint density at radius 2 is 0.871 bits per heavy atom. The van der Waals surface area contributed by atoms with Gasteiger partial charge in [0.2, 0.25) is 5.95 Å². The predicted octanol–water partition coefficient (Wildman–Crippen LogP) is 9.78. The van der Waals surface area contributed by atoms with E-state index < -0.39 is 56.4 Å². The average Bonchev–Trinajstić information content (AvgIpc) is 3.94. The summed E-state index contributed by atoms with van der Waals surface area (Å²) in [7, 11) is -3.48. The fourth-order valence-electron chi connectivity index (χ4n) is 9.14. The number of pyridine rings is 2. The van der Waals surface area contributed by atoms with Crippen LogP contribution >= 0.6 is 0 Å². The fraction of sp³-hybridized carbons (Fsp3) is 0. The Balaban J connectivity index is 1.20. The molecule has 0 bridgehead atoms. The van der Waals surface area contributed by atoms with Crippen LogP contribution in [0.4, 0.5) is 0 Å². The second kappa shape index (κ2) is 14.5. The van der Waals surface area contributed by atoms with Crippen LogP contribution in [-0.4, -0.2) is 37.6 Å². The van der Waals surface area contributed by atoms with Crippen LogP contribution in [0.25, 0.3) is 84.2 Å². The molecular weight excluding hydrogens is 773 g/mol. The molecule has 1 aliphatic rings. The number of hydrogen-bond donors (Lipinski definition) is 0. The molecule has 0 fully saturated rings. The molecule has 0 unspecified atom stereocenters. The summed E-state index contributed by atoms with van der Waals surface area (Å²) >= 11 is 0. The largest absolute Gasteiger partial charge is 0.278 e. The van der Waals surface area contributed by atoms with E-state index in [1.807, 2.05) is 97.3 Å². The predicted molar refractivity (Wildman–Crippen MR) is 254 cm³/mol. The first-order valence-corrected chi connectivity index (χ1v) is 22.2. The molecule has 5 heterocycles. The van der Waals surface area contributed by atoms with Crippen molar-refractivity contribution < 1.29 is 11.0 Å². The lowest BCUT2D eigenvalue weighted by molar-refractivity contribution is 0.953. The van der Waals surface area contributed by atoms with Crippen LogP contribution in [-0.2, 0) is 0 Å². The van der Waals surface area contributed by atoms with Crippen molar-refractivity contribution in [2.75, 3.05) is 0 Å². The van der Waals surface area contributed by atoms with Gasteiger partial charge in [0, 0.05) is 45.4 Å². The van der Waals surface area contributed by atoms with Gasteiger partial charge in [-0.05, 0) is 56.1 Å². The normalized spacial score (nSPS) is 14.5. The van der Waals surface area contributed by atoms with Gasteiger partial charge in [0.1, 0.15) is 0 Å². The second-order valence-electron chi connectivity index (χ2n) is 15.0. The molecule has 12 rings (SSSR count). The van der Waals surface area contributed by atoms with Gasteiger partial charge in [0.15, 0.2) is 19.7 Å². The van der Waals surface area contributed by atoms with Crippen molar-refractivity contribution in [3.05, 3.63) is 218 Å². The third-order valence-electron chi connectivity index (χ3n) is 11.7. The second-order valence-corrected chi connectivity index (χ2v) is 18.7. The highest BCUT2D eigenvalue weighted by Crippen LogP contribution is 2.37. The van der Waals surface area contributed by atoms with Crippen LogP contribution < -0.4 is 20.7 Å². The van der Waals surface area contributed by atoms with Gasteiger partial charge >= 0.3 is 0 Å². The standard InChI is InChI=1S/C55H36N6Si/c1-5-18-37(19-6-1)49-51-45(32-34-56-49)46-33-35-57-50(38-20-7-2-8-21-38)52(46)62(51,41-25-11-4-12-26-41)42-27-17-24-40(36-42)54-58-53(39-22-9-3-10-23-39)59-55(60-54)61-47-30-15-13-28-43(47)44-29-14-16-31-48(44)61/h1-36H/i13D,14D,15D,16D,28D,29D,30D,31D. The summed E-state index contributed by atoms with van der Waals surface area (Å²) in [6.45, 7) is 0. The maximum atomic E-state index is 9.23. The Bertz CT molecular complexity index is 3770. The number of rotatable bonds is 7. The highest BCUT2D eigenvalue weighted by molar-refractivity contribution is 7.23. The molecule has 0 radical (unpaired) electrons. The molecule has 0 saturated carbocycles. The molecule has 0 atom stereocenters. The van der Waals surface area contributed by atoms with Crippen LogP contribution in [0.15, 0.2) is 218 Å². The Hall–Kier alpha value is -8.13. The molecule has 290 valence electrons. The molecule has 0 spiro atoms. The zero-order chi connectivity index (χ0) is 48.0. The van der Waals surface area contributed by atoms with Crippen LogP contribution in [0.1, 0.15) is 11.0 Å². The van der Waals surface area contributed by atoms with Crippen molar-refractivity contribution in [3.63, 3.8) is 0 Å². The highest BCUT2D eigenvalue weighted by atomic mass is 28.3. The van der Waals surface area contributed by atoms with Crippen molar-refractivity contribution in [1.29, 1.82) is 0 Å². The Morgan fingerprint density at radius 3 is 1.42 bits per heavy atom. The number of fused-ring (bicyclic) bond motifs is 6. The number of aromatic nitrogens is 6. The third kappa shape index (κ3) is 5.52. The molecule has 7 heteroatoms. The third-order valence-corrected chi connectivity index (χ3v) is 16.6. The van der Waals surface area contributed by atoms with E-state index in [1.165, 1.54) is 4.57 Å². The molecule has 0 saturated heterocycles. The smallest absolute Gasteiger partial charge is 0.238 e. The van der Waals surface area contributed by atoms with Crippen molar-refractivity contribution in [1.82, 2.24) is 29.5 Å². The van der Waals surface area contributed by atoms with Gasteiger partial charge in [-0.15, -0.1) is 0 Å². The fourth-order valence-corrected chi connectivity index (χ4v) is 14.7. The van der Waals surface area contributed by atoms with E-state index >= 15 is 0 Å². The lowest BCUT2D eigenvalue weighted by Gasteiger charge is -2.33. The summed E-state index contributed by atoms with van der Waals surface area (Å²) in [5.41, 5.74) is 6.87. The minimum Gasteiger partial charge on any atom is -0.278 e. The van der Waals surface area contributed by atoms with E-state index in [-0.39, 0.29) is 39.4 Å². The SMILES string of the molecule is [2H]c1c([2H])c([2H])c2c(c1[2H])c1c([2H])c([2H])c([2H])c([2H])c1n2-c1nc(-c2ccccc2)nc(-c2cccc([Si]3(c4ccccc4)c4c(ccnc4-c4ccccc4)-c4ccnc(-c5ccccc5)c43)c2)n1. The molecule has 4 aromatic heterocycles. The van der Waals surface area contributed by atoms with Gasteiger partial charge in [0.25, 0.3) is 0 Å². The monoisotopic (exact) mass is 816 g/mol. The summed E-state index contributed by atoms with van der Waals surface area (Å²) in [5.74, 6) is 0.365. The summed E-state index contributed by atoms with van der Waals surface area (Å²) in [4.78, 5) is 25.6. The van der Waals surface area contributed by atoms with Gasteiger partial charge in [-0.1, -0.05) is 182 Å². The van der Waals surface area contributed by atoms with E-state index in [2.05, 4.69) is 72.8 Å². The van der Waals surface area contributed by atoms with Crippen molar-refractivity contribution in [2.45, 2.75) is 0 Å². The Morgan fingerprint density at radius 1 is 0.419 bits per heavy atom. The minimum atomic E-state index is -3.48. The van der Waals surface area contributed by atoms with Crippen molar-refractivity contribution in [3.8, 4) is 62.4 Å². The first-order chi connectivity index (χ1) is 34.1. The Labute approximate surface area is 370 Å². The van der Waals surface area contributed by atoms with Gasteiger partial charge < -0.3 is 0 Å². The number of nitrogens with zero attached hydrogens (tertiary/aromatic N) is 6. The molecule has 11 aromatic rings. The van der Waals surface area contributed by atoms with E-state index in [1.54, 1.807) is 0 Å². The summed E-state index contributed by atoms with van der Waals surface area (Å²) in [5, 5.41) is 4.18. The molecule has 0 N–H and O–H groups in total. The number of hydrogen-bond acceptors (Lipinski definition) is 5. The summed E-state index contributed by atoms with van der Waals surface area (Å²) in [6, 6.07) is 48.8. The number of benzene rings is 7. The molecule has 1 aliphatic heterocycles. The lowest BCUT2D eigenvalue weighted by Crippen LogP contribution is -2.73. The highest BCUT2D eigenvalue weighted by Gasteiger charge is 2.52. The van der Waals surface area contributed by atoms with Crippen LogP contribution in [0.5, 0.6) is 0 Å². The zero-order valence-corrected chi connectivity index (χ0v) is 33.8. The van der Waals surface area contributed by atoms with Crippen molar-refractivity contribution >= 4 is 50.6 Å². The van der Waals surface area contributed by atoms with Crippen LogP contribution in [0, 0.1) is 0 Å². The first-order valence-electron chi connectivity index (χ1n) is 24.2. The average molecular weight is 817 g/mol. The Kier molecular flexibility index (Phi) is 6.65. The maximum absolute atomic E-state index is 9.23. The van der Waals surface area contributed by atoms with Gasteiger partial charge in [-0.3, -0.25) is 14.5 Å². The van der Waals surface area contributed by atoms with E-state index in [4.69, 9.17) is 33.1 Å². The topological polar surface area (TPSA) is 69.4 Å².